The van der Waals surface area contributed by atoms with Crippen LogP contribution in [0, 0.1) is 0 Å². The van der Waals surface area contributed by atoms with E-state index in [-0.39, 0.29) is 36.5 Å². The summed E-state index contributed by atoms with van der Waals surface area (Å²) in [6.07, 6.45) is 3.23. The molecule has 0 saturated carbocycles. The number of aromatic nitrogens is 2. The van der Waals surface area contributed by atoms with Gasteiger partial charge in [0, 0.05) is 11.8 Å². The molecule has 0 bridgehead atoms. The number of ketones is 1. The zero-order valence-corrected chi connectivity index (χ0v) is 13.1. The Kier molecular flexibility index (Phi) is 6.00. The van der Waals surface area contributed by atoms with Gasteiger partial charge in [0.2, 0.25) is 5.28 Å². The molecule has 2 aromatic rings. The van der Waals surface area contributed by atoms with Crippen LogP contribution in [0.3, 0.4) is 0 Å². The van der Waals surface area contributed by atoms with E-state index in [2.05, 4.69) is 16.5 Å². The Balaban J connectivity index is 2.05. The normalized spacial score (nSPS) is 10.1. The standard InChI is InChI=1S/C17H15ClN2O3/c1-2-8-23-16(22)10-12-4-3-5-13(9-12)15(21)11-14-6-7-19-17(18)20-14/h2-7,9H,1,8,10-11H2. The maximum Gasteiger partial charge on any atom is 0.310 e. The molecule has 118 valence electrons. The maximum absolute atomic E-state index is 12.3. The van der Waals surface area contributed by atoms with Crippen LogP contribution in [-0.2, 0) is 22.4 Å². The molecule has 0 atom stereocenters. The fraction of sp³-hybridized carbons (Fsp3) is 0.176. The topological polar surface area (TPSA) is 69.2 Å². The first kappa shape index (κ1) is 16.8. The molecule has 0 saturated heterocycles. The summed E-state index contributed by atoms with van der Waals surface area (Å²) in [4.78, 5) is 31.7. The lowest BCUT2D eigenvalue weighted by molar-refractivity contribution is -0.141. The second-order valence-electron chi connectivity index (χ2n) is 4.77. The van der Waals surface area contributed by atoms with Crippen LogP contribution in [0.4, 0.5) is 0 Å². The van der Waals surface area contributed by atoms with Crippen molar-refractivity contribution in [1.29, 1.82) is 0 Å². The number of carbonyl (C=O) groups excluding carboxylic acids is 2. The molecule has 23 heavy (non-hydrogen) atoms. The van der Waals surface area contributed by atoms with Crippen LogP contribution in [0.2, 0.25) is 5.28 Å². The molecular formula is C17H15ClN2O3. The maximum atomic E-state index is 12.3. The molecule has 0 aliphatic heterocycles. The van der Waals surface area contributed by atoms with Gasteiger partial charge in [-0.25, -0.2) is 9.97 Å². The molecule has 2 rings (SSSR count). The Morgan fingerprint density at radius 2 is 2.09 bits per heavy atom. The quantitative estimate of drug-likeness (QED) is 0.338. The lowest BCUT2D eigenvalue weighted by atomic mass is 10.0. The fourth-order valence-corrected chi connectivity index (χ4v) is 2.12. The molecule has 1 aromatic carbocycles. The Labute approximate surface area is 139 Å². The van der Waals surface area contributed by atoms with Gasteiger partial charge in [0.1, 0.15) is 6.61 Å². The summed E-state index contributed by atoms with van der Waals surface area (Å²) in [5, 5.41) is 0.106. The van der Waals surface area contributed by atoms with Gasteiger partial charge in [0.25, 0.3) is 0 Å². The van der Waals surface area contributed by atoms with Gasteiger partial charge in [-0.1, -0.05) is 30.9 Å². The lowest BCUT2D eigenvalue weighted by Crippen LogP contribution is -2.10. The van der Waals surface area contributed by atoms with Crippen LogP contribution in [0.15, 0.2) is 49.2 Å². The van der Waals surface area contributed by atoms with Crippen molar-refractivity contribution < 1.29 is 14.3 Å². The van der Waals surface area contributed by atoms with Gasteiger partial charge in [-0.2, -0.15) is 0 Å². The SMILES string of the molecule is C=CCOC(=O)Cc1cccc(C(=O)Cc2ccnc(Cl)n2)c1. The highest BCUT2D eigenvalue weighted by Gasteiger charge is 2.11. The van der Waals surface area contributed by atoms with E-state index >= 15 is 0 Å². The second-order valence-corrected chi connectivity index (χ2v) is 5.10. The molecule has 0 fully saturated rings. The number of halogens is 1. The van der Waals surface area contributed by atoms with E-state index in [1.165, 1.54) is 12.3 Å². The van der Waals surface area contributed by atoms with E-state index in [0.29, 0.717) is 16.8 Å². The van der Waals surface area contributed by atoms with E-state index in [9.17, 15) is 9.59 Å². The third-order valence-corrected chi connectivity index (χ3v) is 3.17. The van der Waals surface area contributed by atoms with Crippen molar-refractivity contribution in [1.82, 2.24) is 9.97 Å². The van der Waals surface area contributed by atoms with E-state index in [4.69, 9.17) is 16.3 Å². The first-order valence-corrected chi connectivity index (χ1v) is 7.32. The molecule has 0 aliphatic carbocycles. The Morgan fingerprint density at radius 3 is 2.83 bits per heavy atom. The molecule has 0 N–H and O–H groups in total. The van der Waals surface area contributed by atoms with Gasteiger partial charge in [-0.15, -0.1) is 0 Å². The second kappa shape index (κ2) is 8.19. The molecular weight excluding hydrogens is 316 g/mol. The molecule has 6 heteroatoms. The fourth-order valence-electron chi connectivity index (χ4n) is 1.96. The van der Waals surface area contributed by atoms with Crippen LogP contribution in [0.25, 0.3) is 0 Å². The molecule has 5 nitrogen and oxygen atoms in total. The predicted molar refractivity (Wildman–Crippen MR) is 86.4 cm³/mol. The minimum absolute atomic E-state index is 0.105. The molecule has 0 aliphatic rings. The summed E-state index contributed by atoms with van der Waals surface area (Å²) < 4.78 is 4.93. The van der Waals surface area contributed by atoms with Gasteiger partial charge in [-0.3, -0.25) is 9.59 Å². The number of Topliss-reactive ketones (excluding diaryl/α,β-unsaturated/α-hetero) is 1. The highest BCUT2D eigenvalue weighted by molar-refractivity contribution is 6.28. The Bertz CT molecular complexity index is 731. The number of rotatable bonds is 7. The lowest BCUT2D eigenvalue weighted by Gasteiger charge is -2.05. The van der Waals surface area contributed by atoms with Crippen molar-refractivity contribution in [2.24, 2.45) is 0 Å². The first-order valence-electron chi connectivity index (χ1n) is 6.94. The summed E-state index contributed by atoms with van der Waals surface area (Å²) in [6, 6.07) is 8.52. The van der Waals surface area contributed by atoms with Crippen molar-refractivity contribution in [2.45, 2.75) is 12.8 Å². The largest absolute Gasteiger partial charge is 0.461 e. The predicted octanol–water partition coefficient (Wildman–Crippen LogP) is 2.83. The van der Waals surface area contributed by atoms with Crippen LogP contribution in [0.5, 0.6) is 0 Å². The van der Waals surface area contributed by atoms with Crippen molar-refractivity contribution in [3.63, 3.8) is 0 Å². The summed E-state index contributed by atoms with van der Waals surface area (Å²) in [6.45, 7) is 3.65. The number of benzene rings is 1. The van der Waals surface area contributed by atoms with E-state index in [1.807, 2.05) is 0 Å². The minimum Gasteiger partial charge on any atom is -0.461 e. The van der Waals surface area contributed by atoms with E-state index in [0.717, 1.165) is 0 Å². The van der Waals surface area contributed by atoms with Crippen LogP contribution >= 0.6 is 11.6 Å². The third kappa shape index (κ3) is 5.30. The van der Waals surface area contributed by atoms with Crippen molar-refractivity contribution in [2.75, 3.05) is 6.61 Å². The smallest absolute Gasteiger partial charge is 0.310 e. The summed E-state index contributed by atoms with van der Waals surface area (Å²) in [7, 11) is 0. The summed E-state index contributed by atoms with van der Waals surface area (Å²) in [5.41, 5.74) is 1.77. The number of hydrogen-bond donors (Lipinski definition) is 0. The third-order valence-electron chi connectivity index (χ3n) is 2.99. The van der Waals surface area contributed by atoms with E-state index < -0.39 is 0 Å². The molecule has 0 radical (unpaired) electrons. The van der Waals surface area contributed by atoms with Crippen LogP contribution < -0.4 is 0 Å². The number of nitrogens with zero attached hydrogens (tertiary/aromatic N) is 2. The highest BCUT2D eigenvalue weighted by atomic mass is 35.5. The van der Waals surface area contributed by atoms with Gasteiger partial charge < -0.3 is 4.74 Å². The number of esters is 1. The van der Waals surface area contributed by atoms with Gasteiger partial charge in [0.15, 0.2) is 5.78 Å². The molecule has 1 aromatic heterocycles. The van der Waals surface area contributed by atoms with Crippen LogP contribution in [-0.4, -0.2) is 28.3 Å². The van der Waals surface area contributed by atoms with Crippen LogP contribution in [0.1, 0.15) is 21.6 Å². The van der Waals surface area contributed by atoms with Crippen molar-refractivity contribution in [3.05, 3.63) is 71.3 Å². The van der Waals surface area contributed by atoms with Gasteiger partial charge in [0.05, 0.1) is 18.5 Å². The first-order chi connectivity index (χ1) is 11.1. The number of ether oxygens (including phenoxy) is 1. The summed E-state index contributed by atoms with van der Waals surface area (Å²) >= 11 is 5.71. The molecule has 0 unspecified atom stereocenters. The molecule has 0 amide bonds. The Hall–Kier alpha value is -2.53. The van der Waals surface area contributed by atoms with Gasteiger partial charge >= 0.3 is 5.97 Å². The minimum atomic E-state index is -0.364. The van der Waals surface area contributed by atoms with Gasteiger partial charge in [-0.05, 0) is 29.3 Å². The average Bonchev–Trinajstić information content (AvgIpc) is 2.53. The number of hydrogen-bond acceptors (Lipinski definition) is 5. The van der Waals surface area contributed by atoms with Crippen molar-refractivity contribution >= 4 is 23.4 Å². The monoisotopic (exact) mass is 330 g/mol. The van der Waals surface area contributed by atoms with E-state index in [1.54, 1.807) is 30.3 Å². The molecule has 1 heterocycles. The zero-order valence-electron chi connectivity index (χ0n) is 12.4. The zero-order chi connectivity index (χ0) is 16.7. The average molecular weight is 331 g/mol. The van der Waals surface area contributed by atoms with Crippen molar-refractivity contribution in [3.8, 4) is 0 Å². The Morgan fingerprint density at radius 1 is 1.26 bits per heavy atom. The highest BCUT2D eigenvalue weighted by Crippen LogP contribution is 2.11. The molecule has 0 spiro atoms. The number of carbonyl (C=O) groups is 2. The summed E-state index contributed by atoms with van der Waals surface area (Å²) in [5.74, 6) is -0.474.